The topological polar surface area (TPSA) is 97.0 Å². The molecule has 0 unspecified atom stereocenters. The molecule has 5 aliphatic rings. The number of nitrogens with one attached hydrogen (secondary N) is 1. The molecule has 3 aliphatic carbocycles. The number of amides is 2. The first-order valence-electron chi connectivity index (χ1n) is 11.4. The van der Waals surface area contributed by atoms with Crippen LogP contribution in [0.15, 0.2) is 23.2 Å². The van der Waals surface area contributed by atoms with Gasteiger partial charge in [-0.25, -0.2) is 9.38 Å². The third kappa shape index (κ3) is 3.96. The third-order valence-corrected chi connectivity index (χ3v) is 8.04. The Hall–Kier alpha value is -2.40. The smallest absolute Gasteiger partial charge is 0.369 e. The van der Waals surface area contributed by atoms with Crippen LogP contribution in [0.25, 0.3) is 0 Å². The Labute approximate surface area is 204 Å². The molecule has 35 heavy (non-hydrogen) atoms. The molecule has 0 spiro atoms. The van der Waals surface area contributed by atoms with Crippen molar-refractivity contribution in [1.29, 1.82) is 0 Å². The van der Waals surface area contributed by atoms with Gasteiger partial charge in [0.1, 0.15) is 5.67 Å². The summed E-state index contributed by atoms with van der Waals surface area (Å²) < 4.78 is 58.2. The maximum atomic E-state index is 13.8. The molecular formula is C23H25ClF4N4O3. The number of alkyl halides is 4. The Balaban J connectivity index is 1.37. The van der Waals surface area contributed by atoms with E-state index in [9.17, 15) is 27.2 Å². The summed E-state index contributed by atoms with van der Waals surface area (Å²) in [6.45, 7) is 1.50. The van der Waals surface area contributed by atoms with E-state index in [-0.39, 0.29) is 55.6 Å². The van der Waals surface area contributed by atoms with Crippen molar-refractivity contribution in [3.05, 3.63) is 28.8 Å². The third-order valence-electron chi connectivity index (χ3n) is 7.63. The maximum Gasteiger partial charge on any atom is 0.414 e. The molecule has 2 bridgehead atoms. The lowest BCUT2D eigenvalue weighted by atomic mass is 9.42. The van der Waals surface area contributed by atoms with Crippen LogP contribution in [0.3, 0.4) is 0 Å². The predicted octanol–water partition coefficient (Wildman–Crippen LogP) is 4.04. The van der Waals surface area contributed by atoms with E-state index in [4.69, 9.17) is 22.1 Å². The highest BCUT2D eigenvalue weighted by Gasteiger charge is 2.72. The minimum atomic E-state index is -4.54. The molecule has 1 aromatic carbocycles. The average molecular weight is 517 g/mol. The summed E-state index contributed by atoms with van der Waals surface area (Å²) >= 11 is 6.61. The van der Waals surface area contributed by atoms with E-state index in [1.165, 1.54) is 0 Å². The van der Waals surface area contributed by atoms with Crippen LogP contribution in [0.1, 0.15) is 51.0 Å². The van der Waals surface area contributed by atoms with Crippen molar-refractivity contribution in [3.63, 3.8) is 0 Å². The molecule has 3 atom stereocenters. The van der Waals surface area contributed by atoms with Crippen LogP contribution >= 0.6 is 11.6 Å². The van der Waals surface area contributed by atoms with Gasteiger partial charge in [0.05, 0.1) is 28.1 Å². The van der Waals surface area contributed by atoms with E-state index >= 15 is 0 Å². The fraction of sp³-hybridized carbons (Fsp3) is 0.609. The van der Waals surface area contributed by atoms with Gasteiger partial charge in [0.25, 0.3) is 0 Å². The average Bonchev–Trinajstić information content (AvgIpc) is 2.71. The van der Waals surface area contributed by atoms with E-state index < -0.39 is 47.3 Å². The van der Waals surface area contributed by atoms with Gasteiger partial charge in [0.15, 0.2) is 12.1 Å². The van der Waals surface area contributed by atoms with Crippen LogP contribution < -0.4 is 11.1 Å². The number of aliphatic imine (C=N–C) groups is 1. The number of nitrogens with zero attached hydrogens (tertiary/aromatic N) is 2. The molecule has 1 aromatic rings. The van der Waals surface area contributed by atoms with Crippen molar-refractivity contribution in [2.24, 2.45) is 16.1 Å². The van der Waals surface area contributed by atoms with Crippen molar-refractivity contribution in [2.45, 2.75) is 75.0 Å². The highest BCUT2D eigenvalue weighted by Crippen LogP contribution is 2.69. The molecule has 2 heterocycles. The predicted molar refractivity (Wildman–Crippen MR) is 119 cm³/mol. The van der Waals surface area contributed by atoms with E-state index in [2.05, 4.69) is 10.3 Å². The zero-order valence-electron chi connectivity index (χ0n) is 18.9. The fourth-order valence-electron chi connectivity index (χ4n) is 5.85. The Morgan fingerprint density at radius 1 is 1.31 bits per heavy atom. The molecule has 190 valence electrons. The molecule has 3 saturated carbocycles. The van der Waals surface area contributed by atoms with E-state index in [1.54, 1.807) is 25.1 Å². The van der Waals surface area contributed by atoms with E-state index in [1.807, 2.05) is 0 Å². The number of hydrogen-bond acceptors (Lipinski definition) is 5. The van der Waals surface area contributed by atoms with Crippen LogP contribution in [0.5, 0.6) is 0 Å². The van der Waals surface area contributed by atoms with Gasteiger partial charge in [0, 0.05) is 24.6 Å². The molecule has 0 aromatic heterocycles. The normalized spacial score (nSPS) is 36.7. The Morgan fingerprint density at radius 2 is 2.00 bits per heavy atom. The van der Waals surface area contributed by atoms with Crippen molar-refractivity contribution >= 4 is 35.1 Å². The molecule has 2 aliphatic heterocycles. The number of carbonyl (C=O) groups excluding carboxylic acids is 2. The minimum absolute atomic E-state index is 0.151. The molecule has 6 rings (SSSR count). The Bertz CT molecular complexity index is 1110. The van der Waals surface area contributed by atoms with Crippen LogP contribution in [0.2, 0.25) is 5.02 Å². The molecule has 12 heteroatoms. The summed E-state index contributed by atoms with van der Waals surface area (Å²) in [5, 5.41) is 2.95. The lowest BCUT2D eigenvalue weighted by Crippen LogP contribution is -2.68. The number of halogens is 5. The summed E-state index contributed by atoms with van der Waals surface area (Å²) in [6.07, 6.45) is -6.30. The Morgan fingerprint density at radius 3 is 2.60 bits per heavy atom. The standard InChI is InChI=1S/C23H25ClF4N4O3/c1-20(8-16(33)32(19(29)31-20)12-5-6-35-15(7-12)23(26,27)28)13-3-2-4-14(17(13)24)30-18(34)21-9-22(25,10-21)11-21/h2-4,12,15H,5-11H2,1H3,(H2,29,31)(H,30,34)/t12-,15+,20-,21?,22?/m0/s1. The number of carbonyl (C=O) groups is 2. The molecule has 4 fully saturated rings. The van der Waals surface area contributed by atoms with Gasteiger partial charge in [0.2, 0.25) is 11.8 Å². The molecule has 0 radical (unpaired) electrons. The van der Waals surface area contributed by atoms with Crippen LogP contribution in [0, 0.1) is 5.41 Å². The highest BCUT2D eigenvalue weighted by atomic mass is 35.5. The van der Waals surface area contributed by atoms with Gasteiger partial charge in [-0.3, -0.25) is 14.5 Å². The van der Waals surface area contributed by atoms with Crippen LogP contribution in [-0.4, -0.2) is 53.3 Å². The summed E-state index contributed by atoms with van der Waals surface area (Å²) in [4.78, 5) is 31.4. The molecule has 3 N–H and O–H groups in total. The van der Waals surface area contributed by atoms with Crippen molar-refractivity contribution in [3.8, 4) is 0 Å². The van der Waals surface area contributed by atoms with Crippen LogP contribution in [-0.2, 0) is 19.9 Å². The van der Waals surface area contributed by atoms with Crippen molar-refractivity contribution < 1.29 is 31.9 Å². The number of guanidine groups is 1. The monoisotopic (exact) mass is 516 g/mol. The lowest BCUT2D eigenvalue weighted by Gasteiger charge is -2.64. The zero-order chi connectivity index (χ0) is 25.4. The first-order chi connectivity index (χ1) is 16.3. The van der Waals surface area contributed by atoms with Gasteiger partial charge < -0.3 is 15.8 Å². The highest BCUT2D eigenvalue weighted by molar-refractivity contribution is 6.34. The second-order valence-corrected chi connectivity index (χ2v) is 10.7. The molecular weight excluding hydrogens is 492 g/mol. The van der Waals surface area contributed by atoms with Crippen LogP contribution in [0.4, 0.5) is 23.2 Å². The zero-order valence-corrected chi connectivity index (χ0v) is 19.7. The quantitative estimate of drug-likeness (QED) is 0.590. The summed E-state index contributed by atoms with van der Waals surface area (Å²) in [7, 11) is 0. The number of benzene rings is 1. The maximum absolute atomic E-state index is 13.8. The SMILES string of the molecule is C[C@@]1(c2cccc(NC(=O)C34CC(F)(C3)C4)c2Cl)CC(=O)N([C@H]2CCO[C@@H](C(F)(F)F)C2)C(N)=N1. The van der Waals surface area contributed by atoms with Gasteiger partial charge in [-0.05, 0) is 38.7 Å². The summed E-state index contributed by atoms with van der Waals surface area (Å²) in [5.41, 5.74) is 3.77. The summed E-state index contributed by atoms with van der Waals surface area (Å²) in [5.74, 6) is -0.960. The number of ether oxygens (including phenoxy) is 1. The Kier molecular flexibility index (Phi) is 5.41. The van der Waals surface area contributed by atoms with E-state index in [0.717, 1.165) is 4.90 Å². The van der Waals surface area contributed by atoms with E-state index in [0.29, 0.717) is 11.3 Å². The first-order valence-corrected chi connectivity index (χ1v) is 11.8. The van der Waals surface area contributed by atoms with Gasteiger partial charge in [-0.1, -0.05) is 23.7 Å². The fourth-order valence-corrected chi connectivity index (χ4v) is 6.22. The van der Waals surface area contributed by atoms with Crippen molar-refractivity contribution in [2.75, 3.05) is 11.9 Å². The largest absolute Gasteiger partial charge is 0.414 e. The second-order valence-electron chi connectivity index (χ2n) is 10.3. The number of rotatable bonds is 4. The molecule has 2 amide bonds. The number of nitrogens with two attached hydrogens (primary N) is 1. The molecule has 7 nitrogen and oxygen atoms in total. The lowest BCUT2D eigenvalue weighted by molar-refractivity contribution is -0.235. The number of hydrogen-bond donors (Lipinski definition) is 2. The van der Waals surface area contributed by atoms with Gasteiger partial charge in [-0.2, -0.15) is 13.2 Å². The minimum Gasteiger partial charge on any atom is -0.369 e. The van der Waals surface area contributed by atoms with Gasteiger partial charge >= 0.3 is 6.18 Å². The van der Waals surface area contributed by atoms with Gasteiger partial charge in [-0.15, -0.1) is 0 Å². The van der Waals surface area contributed by atoms with Crippen molar-refractivity contribution in [1.82, 2.24) is 4.90 Å². The second kappa shape index (κ2) is 7.80. The molecule has 1 saturated heterocycles. The summed E-state index contributed by atoms with van der Waals surface area (Å²) in [6, 6.07) is 4.12. The number of anilines is 1. The first kappa shape index (κ1) is 24.3.